The van der Waals surface area contributed by atoms with E-state index in [1.165, 1.54) is 4.31 Å². The van der Waals surface area contributed by atoms with Crippen LogP contribution in [-0.2, 0) is 25.9 Å². The summed E-state index contributed by atoms with van der Waals surface area (Å²) in [6.45, 7) is 4.54. The average molecular weight is 676 g/mol. The third-order valence-electron chi connectivity index (χ3n) is 9.26. The summed E-state index contributed by atoms with van der Waals surface area (Å²) in [6, 6.07) is 26.1. The van der Waals surface area contributed by atoms with E-state index >= 15 is 0 Å². The van der Waals surface area contributed by atoms with Crippen molar-refractivity contribution in [2.45, 2.75) is 38.0 Å². The molecule has 1 aliphatic carbocycles. The monoisotopic (exact) mass is 675 g/mol. The number of pyridine rings is 1. The first kappa shape index (κ1) is 32.6. The van der Waals surface area contributed by atoms with E-state index < -0.39 is 22.6 Å². The highest BCUT2D eigenvalue weighted by molar-refractivity contribution is 7.89. The van der Waals surface area contributed by atoms with Crippen LogP contribution in [0.15, 0.2) is 89.8 Å². The summed E-state index contributed by atoms with van der Waals surface area (Å²) < 4.78 is 41.1. The highest BCUT2D eigenvalue weighted by atomic mass is 32.2. The summed E-state index contributed by atoms with van der Waals surface area (Å²) in [7, 11) is -3.71. The summed E-state index contributed by atoms with van der Waals surface area (Å²) >= 11 is 0. The van der Waals surface area contributed by atoms with E-state index in [1.807, 2.05) is 72.2 Å². The van der Waals surface area contributed by atoms with Crippen molar-refractivity contribution in [3.63, 3.8) is 0 Å². The second kappa shape index (κ2) is 13.5. The van der Waals surface area contributed by atoms with Crippen molar-refractivity contribution >= 4 is 44.3 Å². The fourth-order valence-electron chi connectivity index (χ4n) is 6.90. The first-order valence-electron chi connectivity index (χ1n) is 16.5. The number of rotatable bonds is 8. The normalized spacial score (nSPS) is 16.1. The predicted molar refractivity (Wildman–Crippen MR) is 188 cm³/mol. The Balaban J connectivity index is 1.15. The Morgan fingerprint density at radius 2 is 1.67 bits per heavy atom. The van der Waals surface area contributed by atoms with Gasteiger partial charge in [0.25, 0.3) is 0 Å². The molecule has 0 atom stereocenters. The molecular weight excluding hydrogens is 639 g/mol. The van der Waals surface area contributed by atoms with Crippen molar-refractivity contribution in [3.05, 3.63) is 124 Å². The number of fused-ring (bicyclic) bond motifs is 2. The fraction of sp³-hybridized carbons (Fsp3) is 0.256. The average Bonchev–Trinajstić information content (AvgIpc) is 3.43. The molecule has 0 bridgehead atoms. The number of hydrogen-bond acceptors (Lipinski definition) is 7. The van der Waals surface area contributed by atoms with Gasteiger partial charge in [0.2, 0.25) is 15.8 Å². The number of ketones is 1. The smallest absolute Gasteiger partial charge is 0.339 e. The van der Waals surface area contributed by atoms with Crippen LogP contribution in [0.5, 0.6) is 0 Å². The van der Waals surface area contributed by atoms with E-state index in [4.69, 9.17) is 14.5 Å². The van der Waals surface area contributed by atoms with Crippen molar-refractivity contribution in [1.29, 1.82) is 0 Å². The van der Waals surface area contributed by atoms with E-state index in [2.05, 4.69) is 6.08 Å². The molecule has 0 unspecified atom stereocenters. The molecule has 5 aromatic rings. The van der Waals surface area contributed by atoms with Gasteiger partial charge in [-0.05, 0) is 86.2 Å². The number of hydrogen-bond donors (Lipinski definition) is 0. The van der Waals surface area contributed by atoms with Crippen LogP contribution in [0.2, 0.25) is 0 Å². The lowest BCUT2D eigenvalue weighted by molar-refractivity contribution is 0.0475. The van der Waals surface area contributed by atoms with E-state index in [0.717, 1.165) is 40.9 Å². The van der Waals surface area contributed by atoms with Gasteiger partial charge in [0, 0.05) is 41.1 Å². The van der Waals surface area contributed by atoms with E-state index in [-0.39, 0.29) is 10.7 Å². The van der Waals surface area contributed by atoms with Gasteiger partial charge in [-0.3, -0.25) is 4.79 Å². The Kier molecular flexibility index (Phi) is 9.02. The van der Waals surface area contributed by atoms with Crippen molar-refractivity contribution in [3.8, 4) is 5.69 Å². The van der Waals surface area contributed by atoms with Crippen LogP contribution in [0.25, 0.3) is 28.2 Å². The zero-order valence-corrected chi connectivity index (χ0v) is 28.3. The van der Waals surface area contributed by atoms with Crippen LogP contribution in [0.4, 0.5) is 0 Å². The minimum atomic E-state index is -3.71. The van der Waals surface area contributed by atoms with Gasteiger partial charge in [-0.2, -0.15) is 4.31 Å². The maximum atomic E-state index is 13.9. The van der Waals surface area contributed by atoms with Gasteiger partial charge >= 0.3 is 5.97 Å². The molecule has 1 fully saturated rings. The van der Waals surface area contributed by atoms with Crippen LogP contribution < -0.4 is 0 Å². The molecule has 250 valence electrons. The molecule has 0 saturated carbocycles. The van der Waals surface area contributed by atoms with E-state index in [1.54, 1.807) is 31.2 Å². The zero-order chi connectivity index (χ0) is 34.1. The second-order valence-electron chi connectivity index (χ2n) is 12.4. The van der Waals surface area contributed by atoms with Gasteiger partial charge in [-0.15, -0.1) is 0 Å². The number of aryl methyl sites for hydroxylation is 1. The minimum Gasteiger partial charge on any atom is -0.454 e. The van der Waals surface area contributed by atoms with Crippen molar-refractivity contribution in [1.82, 2.24) is 13.9 Å². The topological polar surface area (TPSA) is 108 Å². The number of morpholine rings is 1. The summed E-state index contributed by atoms with van der Waals surface area (Å²) in [5.41, 5.74) is 7.33. The molecule has 0 spiro atoms. The van der Waals surface area contributed by atoms with Crippen molar-refractivity contribution in [2.75, 3.05) is 32.9 Å². The summed E-state index contributed by atoms with van der Waals surface area (Å²) in [5.74, 6) is -0.902. The van der Waals surface area contributed by atoms with Crippen LogP contribution in [0.1, 0.15) is 61.8 Å². The molecule has 7 rings (SSSR count). The molecule has 0 N–H and O–H groups in total. The highest BCUT2D eigenvalue weighted by Gasteiger charge is 2.29. The zero-order valence-electron chi connectivity index (χ0n) is 27.5. The minimum absolute atomic E-state index is 0.177. The number of Topliss-reactive ketones (excluding diaryl/α,β-unsaturated/α-hetero) is 1. The number of benzene rings is 3. The number of ether oxygens (including phenoxy) is 2. The lowest BCUT2D eigenvalue weighted by atomic mass is 9.86. The Labute approximate surface area is 285 Å². The third-order valence-corrected chi connectivity index (χ3v) is 11.2. The van der Waals surface area contributed by atoms with Crippen LogP contribution in [-0.4, -0.2) is 66.9 Å². The molecule has 9 nitrogen and oxygen atoms in total. The van der Waals surface area contributed by atoms with Crippen LogP contribution >= 0.6 is 0 Å². The van der Waals surface area contributed by atoms with Gasteiger partial charge in [0.15, 0.2) is 6.61 Å². The summed E-state index contributed by atoms with van der Waals surface area (Å²) in [6.07, 6.45) is 4.52. The number of sulfonamides is 1. The Hall–Kier alpha value is -4.90. The number of esters is 1. The summed E-state index contributed by atoms with van der Waals surface area (Å²) in [5, 5.41) is 0.699. The first-order chi connectivity index (χ1) is 23.7. The number of carbonyl (C=O) groups excluding carboxylic acids is 2. The molecule has 0 radical (unpaired) electrons. The van der Waals surface area contributed by atoms with E-state index in [9.17, 15) is 18.0 Å². The molecule has 49 heavy (non-hydrogen) atoms. The molecule has 3 heterocycles. The van der Waals surface area contributed by atoms with Gasteiger partial charge in [0.1, 0.15) is 0 Å². The number of aromatic nitrogens is 2. The van der Waals surface area contributed by atoms with Gasteiger partial charge in [-0.1, -0.05) is 54.6 Å². The van der Waals surface area contributed by atoms with Crippen LogP contribution in [0.3, 0.4) is 0 Å². The van der Waals surface area contributed by atoms with Gasteiger partial charge in [-0.25, -0.2) is 18.2 Å². The molecule has 0 amide bonds. The van der Waals surface area contributed by atoms with Crippen LogP contribution in [0, 0.1) is 13.8 Å². The molecule has 1 saturated heterocycles. The standard InChI is InChI=1S/C39H37N3O6S/c1-26-22-34(27(2)42(26)30-13-9-14-31(24-30)49(45,46)41-18-20-47-21-19-41)36(43)25-48-39(44)37-32-15-6-7-17-35(32)40-38-29(12-8-16-33(37)38)23-28-10-4-3-5-11-28/h3-7,9-11,13-15,17,22-24H,8,12,16,18-21,25H2,1-2H3/b29-23-. The first-order valence-corrected chi connectivity index (χ1v) is 17.9. The van der Waals surface area contributed by atoms with E-state index in [0.29, 0.717) is 66.1 Å². The maximum Gasteiger partial charge on any atom is 0.339 e. The number of para-hydroxylation sites is 1. The van der Waals surface area contributed by atoms with Crippen molar-refractivity contribution in [2.24, 2.45) is 0 Å². The fourth-order valence-corrected chi connectivity index (χ4v) is 8.35. The SMILES string of the molecule is Cc1cc(C(=O)COC(=O)c2c3c(nc4ccccc24)/C(=C\c2ccccc2)CCC3)c(C)n1-c1cccc(S(=O)(=O)N2CCOCC2)c1. The maximum absolute atomic E-state index is 13.9. The Bertz CT molecular complexity index is 2220. The predicted octanol–water partition coefficient (Wildman–Crippen LogP) is 6.58. The molecule has 3 aromatic carbocycles. The lowest BCUT2D eigenvalue weighted by Crippen LogP contribution is -2.40. The van der Waals surface area contributed by atoms with Gasteiger partial charge in [0.05, 0.1) is 34.9 Å². The lowest BCUT2D eigenvalue weighted by Gasteiger charge is -2.26. The number of allylic oxidation sites excluding steroid dienone is 1. The number of nitrogens with zero attached hydrogens (tertiary/aromatic N) is 3. The Morgan fingerprint density at radius 3 is 2.47 bits per heavy atom. The van der Waals surface area contributed by atoms with Gasteiger partial charge < -0.3 is 14.0 Å². The Morgan fingerprint density at radius 1 is 0.918 bits per heavy atom. The third kappa shape index (κ3) is 6.35. The number of carbonyl (C=O) groups is 2. The molecule has 1 aliphatic heterocycles. The quantitative estimate of drug-likeness (QED) is 0.135. The highest BCUT2D eigenvalue weighted by Crippen LogP contribution is 2.36. The molecular formula is C39H37N3O6S. The molecule has 10 heteroatoms. The summed E-state index contributed by atoms with van der Waals surface area (Å²) in [4.78, 5) is 32.7. The largest absolute Gasteiger partial charge is 0.454 e. The second-order valence-corrected chi connectivity index (χ2v) is 14.3. The molecule has 2 aliphatic rings. The van der Waals surface area contributed by atoms with Crippen molar-refractivity contribution < 1.29 is 27.5 Å². The molecule has 2 aromatic heterocycles.